The summed E-state index contributed by atoms with van der Waals surface area (Å²) in [5.74, 6) is -0.169. The van der Waals surface area contributed by atoms with Gasteiger partial charge in [0.15, 0.2) is 17.4 Å². The predicted molar refractivity (Wildman–Crippen MR) is 166 cm³/mol. The molecule has 1 aliphatic rings. The van der Waals surface area contributed by atoms with Gasteiger partial charge in [-0.2, -0.15) is 0 Å². The van der Waals surface area contributed by atoms with Gasteiger partial charge in [-0.05, 0) is 52.6 Å². The van der Waals surface area contributed by atoms with E-state index in [9.17, 15) is 19.7 Å². The van der Waals surface area contributed by atoms with E-state index in [2.05, 4.69) is 43.1 Å². The minimum atomic E-state index is -0.479. The SMILES string of the molecule is CC(C)(C)c1ccc(-c2nnc(Sc3ccc(C=C4C(=O)c5ccccc5C4=O)cc3[N+](=O)[O-])n2-c2ccccc2)cc1. The summed E-state index contributed by atoms with van der Waals surface area (Å²) in [5.41, 5.74) is 3.73. The van der Waals surface area contributed by atoms with Crippen LogP contribution in [0.5, 0.6) is 0 Å². The Morgan fingerprint density at radius 1 is 0.814 bits per heavy atom. The molecule has 0 radical (unpaired) electrons. The number of nitrogens with zero attached hydrogens (tertiary/aromatic N) is 4. The van der Waals surface area contributed by atoms with E-state index in [0.29, 0.717) is 32.6 Å². The zero-order valence-electron chi connectivity index (χ0n) is 23.6. The molecule has 43 heavy (non-hydrogen) atoms. The van der Waals surface area contributed by atoms with Gasteiger partial charge < -0.3 is 0 Å². The molecule has 1 aliphatic carbocycles. The van der Waals surface area contributed by atoms with Gasteiger partial charge in [0.25, 0.3) is 5.69 Å². The number of carbonyl (C=O) groups is 2. The molecule has 1 aromatic heterocycles. The fourth-order valence-corrected chi connectivity index (χ4v) is 5.91. The van der Waals surface area contributed by atoms with Crippen LogP contribution in [0.15, 0.2) is 113 Å². The van der Waals surface area contributed by atoms with Crippen molar-refractivity contribution in [3.05, 3.63) is 135 Å². The van der Waals surface area contributed by atoms with Gasteiger partial charge in [-0.1, -0.05) is 93.6 Å². The summed E-state index contributed by atoms with van der Waals surface area (Å²) in [6, 6.07) is 29.0. The Morgan fingerprint density at radius 2 is 1.44 bits per heavy atom. The van der Waals surface area contributed by atoms with Crippen LogP contribution in [-0.4, -0.2) is 31.3 Å². The second kappa shape index (κ2) is 10.9. The Bertz CT molecular complexity index is 1900. The zero-order chi connectivity index (χ0) is 30.3. The van der Waals surface area contributed by atoms with E-state index in [-0.39, 0.29) is 28.2 Å². The Balaban J connectivity index is 1.38. The highest BCUT2D eigenvalue weighted by atomic mass is 32.2. The number of hydrogen-bond acceptors (Lipinski definition) is 7. The molecule has 0 fully saturated rings. The molecule has 6 rings (SSSR count). The van der Waals surface area contributed by atoms with Gasteiger partial charge in [-0.15, -0.1) is 10.2 Å². The molecule has 0 bridgehead atoms. The normalized spacial score (nSPS) is 12.9. The molecule has 0 saturated heterocycles. The standard InChI is InChI=1S/C34H26N4O4S/c1-34(2,3)23-16-14-22(15-17-23)32-35-36-33(37(32)24-9-5-4-6-10-24)43-29-18-13-21(20-28(29)38(41)42)19-27-30(39)25-11-7-8-12-26(25)31(27)40/h4-20H,1-3H3. The minimum absolute atomic E-state index is 0.00397. The first-order valence-corrected chi connectivity index (χ1v) is 14.4. The second-order valence-corrected chi connectivity index (χ2v) is 12.2. The first-order chi connectivity index (χ1) is 20.6. The van der Waals surface area contributed by atoms with Crippen molar-refractivity contribution in [3.8, 4) is 17.1 Å². The summed E-state index contributed by atoms with van der Waals surface area (Å²) >= 11 is 1.12. The van der Waals surface area contributed by atoms with Crippen LogP contribution in [0.3, 0.4) is 0 Å². The van der Waals surface area contributed by atoms with Crippen molar-refractivity contribution in [2.45, 2.75) is 36.2 Å². The summed E-state index contributed by atoms with van der Waals surface area (Å²) in [6.45, 7) is 6.46. The van der Waals surface area contributed by atoms with Crippen molar-refractivity contribution in [1.82, 2.24) is 14.8 Å². The Kier molecular flexibility index (Phi) is 7.11. The molecule has 1 heterocycles. The molecule has 9 heteroatoms. The van der Waals surface area contributed by atoms with Gasteiger partial charge in [-0.25, -0.2) is 0 Å². The third-order valence-electron chi connectivity index (χ3n) is 7.25. The van der Waals surface area contributed by atoms with Crippen molar-refractivity contribution >= 4 is 35.1 Å². The number of nitro benzene ring substituents is 1. The predicted octanol–water partition coefficient (Wildman–Crippen LogP) is 7.75. The number of hydrogen-bond donors (Lipinski definition) is 0. The number of fused-ring (bicyclic) bond motifs is 1. The lowest BCUT2D eigenvalue weighted by Crippen LogP contribution is -2.10. The molecular formula is C34H26N4O4S. The van der Waals surface area contributed by atoms with Crippen LogP contribution in [0.4, 0.5) is 5.69 Å². The number of para-hydroxylation sites is 1. The maximum absolute atomic E-state index is 12.9. The Morgan fingerprint density at radius 3 is 2.05 bits per heavy atom. The molecule has 0 atom stereocenters. The molecular weight excluding hydrogens is 560 g/mol. The smallest absolute Gasteiger partial charge is 0.283 e. The lowest BCUT2D eigenvalue weighted by atomic mass is 9.87. The van der Waals surface area contributed by atoms with Crippen LogP contribution in [0.1, 0.15) is 52.6 Å². The molecule has 4 aromatic carbocycles. The van der Waals surface area contributed by atoms with Crippen LogP contribution in [0.25, 0.3) is 23.2 Å². The lowest BCUT2D eigenvalue weighted by molar-refractivity contribution is -0.387. The average molecular weight is 587 g/mol. The molecule has 0 saturated carbocycles. The second-order valence-electron chi connectivity index (χ2n) is 11.2. The first-order valence-electron chi connectivity index (χ1n) is 13.6. The number of carbonyl (C=O) groups excluding carboxylic acids is 2. The van der Waals surface area contributed by atoms with E-state index >= 15 is 0 Å². The topological polar surface area (TPSA) is 108 Å². The van der Waals surface area contributed by atoms with Crippen LogP contribution >= 0.6 is 11.8 Å². The average Bonchev–Trinajstić information content (AvgIpc) is 3.52. The largest absolute Gasteiger partial charge is 0.288 e. The van der Waals surface area contributed by atoms with E-state index in [0.717, 1.165) is 23.0 Å². The lowest BCUT2D eigenvalue weighted by Gasteiger charge is -2.19. The highest BCUT2D eigenvalue weighted by Crippen LogP contribution is 2.38. The van der Waals surface area contributed by atoms with Crippen molar-refractivity contribution in [3.63, 3.8) is 0 Å². The molecule has 8 nitrogen and oxygen atoms in total. The highest BCUT2D eigenvalue weighted by molar-refractivity contribution is 7.99. The number of rotatable bonds is 6. The number of Topliss-reactive ketones (excluding diaryl/α,β-unsaturated/α-hetero) is 2. The number of aromatic nitrogens is 3. The van der Waals surface area contributed by atoms with E-state index in [1.807, 2.05) is 47.0 Å². The van der Waals surface area contributed by atoms with Gasteiger partial charge in [0.1, 0.15) is 0 Å². The van der Waals surface area contributed by atoms with Gasteiger partial charge in [0.2, 0.25) is 5.16 Å². The van der Waals surface area contributed by atoms with Crippen LogP contribution in [0, 0.1) is 10.1 Å². The fourth-order valence-electron chi connectivity index (χ4n) is 4.97. The number of nitro groups is 1. The molecule has 0 spiro atoms. The molecule has 0 unspecified atom stereocenters. The summed E-state index contributed by atoms with van der Waals surface area (Å²) in [6.07, 6.45) is 1.41. The quantitative estimate of drug-likeness (QED) is 0.0866. The number of ketones is 2. The summed E-state index contributed by atoms with van der Waals surface area (Å²) in [5, 5.41) is 21.6. The summed E-state index contributed by atoms with van der Waals surface area (Å²) in [4.78, 5) is 37.8. The van der Waals surface area contributed by atoms with Crippen LogP contribution in [0.2, 0.25) is 0 Å². The Hall–Kier alpha value is -5.15. The fraction of sp³-hybridized carbons (Fsp3) is 0.118. The van der Waals surface area contributed by atoms with Crippen molar-refractivity contribution in [2.24, 2.45) is 0 Å². The van der Waals surface area contributed by atoms with Gasteiger partial charge in [-0.3, -0.25) is 24.3 Å². The van der Waals surface area contributed by atoms with Gasteiger partial charge in [0.05, 0.1) is 15.4 Å². The molecule has 0 aliphatic heterocycles. The van der Waals surface area contributed by atoms with Gasteiger partial charge in [0, 0.05) is 28.4 Å². The van der Waals surface area contributed by atoms with E-state index in [4.69, 9.17) is 0 Å². The maximum Gasteiger partial charge on any atom is 0.283 e. The van der Waals surface area contributed by atoms with E-state index in [1.54, 1.807) is 36.4 Å². The first kappa shape index (κ1) is 28.0. The molecule has 212 valence electrons. The van der Waals surface area contributed by atoms with Crippen molar-refractivity contribution in [1.29, 1.82) is 0 Å². The monoisotopic (exact) mass is 586 g/mol. The molecule has 0 amide bonds. The van der Waals surface area contributed by atoms with Crippen LogP contribution in [-0.2, 0) is 5.41 Å². The zero-order valence-corrected chi connectivity index (χ0v) is 24.5. The van der Waals surface area contributed by atoms with E-state index in [1.165, 1.54) is 17.7 Å². The minimum Gasteiger partial charge on any atom is -0.288 e. The van der Waals surface area contributed by atoms with E-state index < -0.39 is 4.92 Å². The summed E-state index contributed by atoms with van der Waals surface area (Å²) in [7, 11) is 0. The molecule has 0 N–H and O–H groups in total. The summed E-state index contributed by atoms with van der Waals surface area (Å²) < 4.78 is 1.88. The highest BCUT2D eigenvalue weighted by Gasteiger charge is 2.32. The number of benzene rings is 4. The molecule has 5 aromatic rings. The Labute approximate surface area is 252 Å². The van der Waals surface area contributed by atoms with Gasteiger partial charge >= 0.3 is 0 Å². The third kappa shape index (κ3) is 5.30. The van der Waals surface area contributed by atoms with Crippen molar-refractivity contribution in [2.75, 3.05) is 0 Å². The van der Waals surface area contributed by atoms with Crippen LogP contribution < -0.4 is 0 Å². The number of allylic oxidation sites excluding steroid dienone is 1. The third-order valence-corrected chi connectivity index (χ3v) is 8.27. The maximum atomic E-state index is 12.9. The van der Waals surface area contributed by atoms with Crippen molar-refractivity contribution < 1.29 is 14.5 Å².